The van der Waals surface area contributed by atoms with Gasteiger partial charge >= 0.3 is 0 Å². The molecule has 0 fully saturated rings. The Labute approximate surface area is 105 Å². The molecule has 96 valence electrons. The second-order valence-electron chi connectivity index (χ2n) is 4.51. The van der Waals surface area contributed by atoms with Crippen LogP contribution in [0.25, 0.3) is 0 Å². The zero-order valence-electron chi connectivity index (χ0n) is 11.3. The summed E-state index contributed by atoms with van der Waals surface area (Å²) in [6.07, 6.45) is 5.47. The Morgan fingerprint density at radius 2 is 2.18 bits per heavy atom. The molecule has 1 unspecified atom stereocenters. The minimum atomic E-state index is 0.510. The fourth-order valence-corrected chi connectivity index (χ4v) is 1.91. The first-order valence-electron chi connectivity index (χ1n) is 6.64. The van der Waals surface area contributed by atoms with Crippen molar-refractivity contribution in [2.45, 2.75) is 52.6 Å². The zero-order chi connectivity index (χ0) is 12.7. The smallest absolute Gasteiger partial charge is 0.0560 e. The largest absolute Gasteiger partial charge is 0.369 e. The number of nitrogens with zero attached hydrogens (tertiary/aromatic N) is 2. The zero-order valence-corrected chi connectivity index (χ0v) is 11.3. The molecule has 2 N–H and O–H groups in total. The Morgan fingerprint density at radius 3 is 2.76 bits per heavy atom. The van der Waals surface area contributed by atoms with Gasteiger partial charge in [0.2, 0.25) is 0 Å². The molecule has 3 heteroatoms. The van der Waals surface area contributed by atoms with Crippen LogP contribution >= 0.6 is 0 Å². The van der Waals surface area contributed by atoms with E-state index >= 15 is 0 Å². The predicted molar refractivity (Wildman–Crippen MR) is 74.1 cm³/mol. The second-order valence-corrected chi connectivity index (χ2v) is 4.51. The van der Waals surface area contributed by atoms with Gasteiger partial charge in [0.05, 0.1) is 5.69 Å². The van der Waals surface area contributed by atoms with E-state index < -0.39 is 0 Å². The molecule has 17 heavy (non-hydrogen) atoms. The van der Waals surface area contributed by atoms with Gasteiger partial charge in [-0.2, -0.15) is 0 Å². The SMILES string of the molecule is CCCCN(c1ccnc(CN)c1)C(C)CC. The molecule has 0 amide bonds. The Balaban J connectivity index is 2.86. The molecule has 0 aromatic carbocycles. The van der Waals surface area contributed by atoms with E-state index in [1.54, 1.807) is 0 Å². The van der Waals surface area contributed by atoms with E-state index in [1.165, 1.54) is 18.5 Å². The van der Waals surface area contributed by atoms with Crippen molar-refractivity contribution in [1.29, 1.82) is 0 Å². The quantitative estimate of drug-likeness (QED) is 0.790. The lowest BCUT2D eigenvalue weighted by Crippen LogP contribution is -2.33. The lowest BCUT2D eigenvalue weighted by atomic mass is 10.1. The number of hydrogen-bond acceptors (Lipinski definition) is 3. The van der Waals surface area contributed by atoms with Gasteiger partial charge in [0.15, 0.2) is 0 Å². The van der Waals surface area contributed by atoms with Crippen LogP contribution in [0.1, 0.15) is 45.7 Å². The van der Waals surface area contributed by atoms with Crippen molar-refractivity contribution in [2.75, 3.05) is 11.4 Å². The summed E-state index contributed by atoms with van der Waals surface area (Å²) < 4.78 is 0. The molecule has 1 aromatic rings. The normalized spacial score (nSPS) is 12.5. The maximum Gasteiger partial charge on any atom is 0.0560 e. The standard InChI is InChI=1S/C14H25N3/c1-4-6-9-17(12(3)5-2)14-7-8-16-13(10-14)11-15/h7-8,10,12H,4-6,9,11,15H2,1-3H3. The van der Waals surface area contributed by atoms with Crippen LogP contribution in [-0.4, -0.2) is 17.6 Å². The summed E-state index contributed by atoms with van der Waals surface area (Å²) in [6.45, 7) is 8.36. The monoisotopic (exact) mass is 235 g/mol. The van der Waals surface area contributed by atoms with Crippen LogP contribution in [0.4, 0.5) is 5.69 Å². The van der Waals surface area contributed by atoms with Crippen LogP contribution in [-0.2, 0) is 6.54 Å². The van der Waals surface area contributed by atoms with Crippen LogP contribution < -0.4 is 10.6 Å². The molecule has 0 aliphatic carbocycles. The van der Waals surface area contributed by atoms with E-state index in [9.17, 15) is 0 Å². The summed E-state index contributed by atoms with van der Waals surface area (Å²) in [5.41, 5.74) is 7.86. The van der Waals surface area contributed by atoms with Crippen molar-refractivity contribution in [1.82, 2.24) is 4.98 Å². The van der Waals surface area contributed by atoms with Gasteiger partial charge in [0, 0.05) is 31.0 Å². The fourth-order valence-electron chi connectivity index (χ4n) is 1.91. The number of pyridine rings is 1. The van der Waals surface area contributed by atoms with Crippen molar-refractivity contribution in [3.8, 4) is 0 Å². The highest BCUT2D eigenvalue weighted by molar-refractivity contribution is 5.47. The molecule has 0 aliphatic rings. The number of hydrogen-bond donors (Lipinski definition) is 1. The van der Waals surface area contributed by atoms with Crippen molar-refractivity contribution >= 4 is 5.69 Å². The van der Waals surface area contributed by atoms with E-state index in [0.717, 1.165) is 18.7 Å². The molecule has 0 bridgehead atoms. The molecule has 1 aromatic heterocycles. The summed E-state index contributed by atoms with van der Waals surface area (Å²) in [5, 5.41) is 0. The first-order chi connectivity index (χ1) is 8.22. The molecule has 0 saturated heterocycles. The summed E-state index contributed by atoms with van der Waals surface area (Å²) in [6, 6.07) is 4.76. The molecular weight excluding hydrogens is 210 g/mol. The van der Waals surface area contributed by atoms with Crippen LogP contribution in [0.5, 0.6) is 0 Å². The number of nitrogens with two attached hydrogens (primary N) is 1. The summed E-state index contributed by atoms with van der Waals surface area (Å²) in [4.78, 5) is 6.72. The van der Waals surface area contributed by atoms with E-state index in [2.05, 4.69) is 42.8 Å². The third-order valence-electron chi connectivity index (χ3n) is 3.22. The van der Waals surface area contributed by atoms with Gasteiger partial charge < -0.3 is 10.6 Å². The van der Waals surface area contributed by atoms with Gasteiger partial charge in [-0.25, -0.2) is 0 Å². The van der Waals surface area contributed by atoms with Crippen molar-refractivity contribution < 1.29 is 0 Å². The third kappa shape index (κ3) is 4.00. The number of rotatable bonds is 7. The molecule has 0 aliphatic heterocycles. The van der Waals surface area contributed by atoms with E-state index in [4.69, 9.17) is 5.73 Å². The Kier molecular flexibility index (Phi) is 5.98. The predicted octanol–water partition coefficient (Wildman–Crippen LogP) is 2.95. The fraction of sp³-hybridized carbons (Fsp3) is 0.643. The molecule has 0 radical (unpaired) electrons. The summed E-state index contributed by atoms with van der Waals surface area (Å²) in [7, 11) is 0. The molecule has 0 spiro atoms. The summed E-state index contributed by atoms with van der Waals surface area (Å²) >= 11 is 0. The van der Waals surface area contributed by atoms with Crippen molar-refractivity contribution in [3.63, 3.8) is 0 Å². The number of anilines is 1. The second kappa shape index (κ2) is 7.28. The minimum absolute atomic E-state index is 0.510. The minimum Gasteiger partial charge on any atom is -0.369 e. The lowest BCUT2D eigenvalue weighted by Gasteiger charge is -2.31. The maximum atomic E-state index is 5.65. The lowest BCUT2D eigenvalue weighted by molar-refractivity contribution is 0.595. The molecular formula is C14H25N3. The molecule has 1 rings (SSSR count). The van der Waals surface area contributed by atoms with E-state index in [0.29, 0.717) is 12.6 Å². The van der Waals surface area contributed by atoms with Crippen LogP contribution in [0.2, 0.25) is 0 Å². The van der Waals surface area contributed by atoms with Gasteiger partial charge in [-0.3, -0.25) is 4.98 Å². The van der Waals surface area contributed by atoms with Crippen molar-refractivity contribution in [2.24, 2.45) is 5.73 Å². The summed E-state index contributed by atoms with van der Waals surface area (Å²) in [5.74, 6) is 0. The highest BCUT2D eigenvalue weighted by Crippen LogP contribution is 2.19. The van der Waals surface area contributed by atoms with Gasteiger partial charge in [0.1, 0.15) is 0 Å². The Bertz CT molecular complexity index is 325. The van der Waals surface area contributed by atoms with Crippen LogP contribution in [0, 0.1) is 0 Å². The Morgan fingerprint density at radius 1 is 1.41 bits per heavy atom. The van der Waals surface area contributed by atoms with Gasteiger partial charge in [-0.15, -0.1) is 0 Å². The molecule has 0 saturated carbocycles. The van der Waals surface area contributed by atoms with Gasteiger partial charge in [-0.05, 0) is 31.9 Å². The Hall–Kier alpha value is -1.09. The number of aromatic nitrogens is 1. The average molecular weight is 235 g/mol. The van der Waals surface area contributed by atoms with E-state index in [-0.39, 0.29) is 0 Å². The van der Waals surface area contributed by atoms with Gasteiger partial charge in [-0.1, -0.05) is 20.3 Å². The topological polar surface area (TPSA) is 42.2 Å². The van der Waals surface area contributed by atoms with Crippen LogP contribution in [0.3, 0.4) is 0 Å². The number of unbranched alkanes of at least 4 members (excludes halogenated alkanes) is 1. The average Bonchev–Trinajstić information content (AvgIpc) is 2.39. The van der Waals surface area contributed by atoms with Crippen LogP contribution in [0.15, 0.2) is 18.3 Å². The first-order valence-corrected chi connectivity index (χ1v) is 6.64. The molecule has 1 atom stereocenters. The first kappa shape index (κ1) is 14.0. The maximum absolute atomic E-state index is 5.65. The third-order valence-corrected chi connectivity index (χ3v) is 3.22. The molecule has 1 heterocycles. The highest BCUT2D eigenvalue weighted by atomic mass is 15.2. The van der Waals surface area contributed by atoms with Gasteiger partial charge in [0.25, 0.3) is 0 Å². The van der Waals surface area contributed by atoms with Crippen molar-refractivity contribution in [3.05, 3.63) is 24.0 Å². The highest BCUT2D eigenvalue weighted by Gasteiger charge is 2.12. The van der Waals surface area contributed by atoms with E-state index in [1.807, 2.05) is 6.20 Å². The molecule has 3 nitrogen and oxygen atoms in total.